The van der Waals surface area contributed by atoms with Crippen molar-refractivity contribution in [3.8, 4) is 0 Å². The number of esters is 1. The summed E-state index contributed by atoms with van der Waals surface area (Å²) in [4.78, 5) is 24.7. The van der Waals surface area contributed by atoms with Gasteiger partial charge in [0.1, 0.15) is 6.61 Å². The average Bonchev–Trinajstić information content (AvgIpc) is 2.50. The molecule has 0 radical (unpaired) electrons. The van der Waals surface area contributed by atoms with Crippen molar-refractivity contribution in [2.24, 2.45) is 0 Å². The van der Waals surface area contributed by atoms with E-state index in [-0.39, 0.29) is 19.2 Å². The molecule has 1 rings (SSSR count). The normalized spacial score (nSPS) is 10.8. The molecule has 0 saturated carbocycles. The summed E-state index contributed by atoms with van der Waals surface area (Å²) in [5, 5.41) is 2.51. The predicted octanol–water partition coefficient (Wildman–Crippen LogP) is 3.35. The van der Waals surface area contributed by atoms with Crippen LogP contribution in [0.3, 0.4) is 0 Å². The van der Waals surface area contributed by atoms with E-state index in [1.54, 1.807) is 43.1 Å². The quantitative estimate of drug-likeness (QED) is 0.463. The molecular formula is C14H17Cl3N2O4. The van der Waals surface area contributed by atoms with Crippen molar-refractivity contribution < 1.29 is 19.1 Å². The Morgan fingerprint density at radius 3 is 2.30 bits per heavy atom. The van der Waals surface area contributed by atoms with Crippen LogP contribution in [0, 0.1) is 0 Å². The van der Waals surface area contributed by atoms with Crippen molar-refractivity contribution in [3.63, 3.8) is 0 Å². The van der Waals surface area contributed by atoms with Gasteiger partial charge in [0, 0.05) is 12.7 Å². The van der Waals surface area contributed by atoms with Crippen molar-refractivity contribution in [2.45, 2.75) is 10.7 Å². The number of ether oxygens (including phenoxy) is 2. The van der Waals surface area contributed by atoms with Crippen LogP contribution in [0.2, 0.25) is 0 Å². The summed E-state index contributed by atoms with van der Waals surface area (Å²) in [6.45, 7) is 1.90. The molecule has 0 atom stereocenters. The van der Waals surface area contributed by atoms with Gasteiger partial charge in [0.2, 0.25) is 3.79 Å². The van der Waals surface area contributed by atoms with E-state index >= 15 is 0 Å². The Hall–Kier alpha value is -1.37. The number of hydrogen-bond donors (Lipinski definition) is 1. The number of alkyl carbamates (subject to hydrolysis) is 1. The van der Waals surface area contributed by atoms with E-state index in [1.807, 2.05) is 0 Å². The Morgan fingerprint density at radius 1 is 1.17 bits per heavy atom. The number of halogens is 3. The second-order valence-corrected chi connectivity index (χ2v) is 7.01. The van der Waals surface area contributed by atoms with Gasteiger partial charge in [-0.05, 0) is 31.2 Å². The first kappa shape index (κ1) is 19.7. The van der Waals surface area contributed by atoms with Crippen LogP contribution < -0.4 is 10.2 Å². The number of alkyl halides is 3. The van der Waals surface area contributed by atoms with Gasteiger partial charge >= 0.3 is 12.1 Å². The maximum atomic E-state index is 11.6. The maximum Gasteiger partial charge on any atom is 0.408 e. The third kappa shape index (κ3) is 7.63. The molecule has 6 nitrogen and oxygen atoms in total. The van der Waals surface area contributed by atoms with Gasteiger partial charge in [-0.15, -0.1) is 0 Å². The number of carbonyl (C=O) groups is 2. The fourth-order valence-corrected chi connectivity index (χ4v) is 1.70. The van der Waals surface area contributed by atoms with Gasteiger partial charge in [-0.3, -0.25) is 0 Å². The SMILES string of the molecule is CCOC(=O)c1ccc(N(C)CNC(=O)OCC(Cl)(Cl)Cl)cc1. The van der Waals surface area contributed by atoms with Gasteiger partial charge in [-0.1, -0.05) is 34.8 Å². The first-order chi connectivity index (χ1) is 10.7. The van der Waals surface area contributed by atoms with Crippen molar-refractivity contribution in [1.82, 2.24) is 5.32 Å². The van der Waals surface area contributed by atoms with Crippen molar-refractivity contribution in [1.29, 1.82) is 0 Å². The van der Waals surface area contributed by atoms with Gasteiger partial charge in [0.25, 0.3) is 0 Å². The Balaban J connectivity index is 2.47. The third-order valence-corrected chi connectivity index (χ3v) is 2.97. The number of nitrogens with one attached hydrogen (secondary N) is 1. The molecule has 0 aliphatic carbocycles. The summed E-state index contributed by atoms with van der Waals surface area (Å²) in [7, 11) is 1.76. The Kier molecular flexibility index (Phi) is 7.75. The van der Waals surface area contributed by atoms with Crippen LogP contribution in [0.25, 0.3) is 0 Å². The topological polar surface area (TPSA) is 67.9 Å². The lowest BCUT2D eigenvalue weighted by molar-refractivity contribution is 0.0526. The Bertz CT molecular complexity index is 532. The average molecular weight is 384 g/mol. The third-order valence-electron chi connectivity index (χ3n) is 2.65. The molecule has 0 spiro atoms. The van der Waals surface area contributed by atoms with Crippen molar-refractivity contribution >= 4 is 52.6 Å². The lowest BCUT2D eigenvalue weighted by atomic mass is 10.2. The van der Waals surface area contributed by atoms with E-state index in [4.69, 9.17) is 44.3 Å². The first-order valence-corrected chi connectivity index (χ1v) is 7.82. The first-order valence-electron chi connectivity index (χ1n) is 6.68. The van der Waals surface area contributed by atoms with E-state index in [1.165, 1.54) is 0 Å². The molecule has 0 saturated heterocycles. The number of nitrogens with zero attached hydrogens (tertiary/aromatic N) is 1. The van der Waals surface area contributed by atoms with Crippen molar-refractivity contribution in [3.05, 3.63) is 29.8 Å². The van der Waals surface area contributed by atoms with E-state index in [9.17, 15) is 9.59 Å². The molecule has 0 aliphatic rings. The van der Waals surface area contributed by atoms with Gasteiger partial charge in [0.05, 0.1) is 18.8 Å². The largest absolute Gasteiger partial charge is 0.462 e. The number of hydrogen-bond acceptors (Lipinski definition) is 5. The van der Waals surface area contributed by atoms with Crippen LogP contribution in [-0.4, -0.2) is 42.8 Å². The second kappa shape index (κ2) is 9.05. The molecule has 23 heavy (non-hydrogen) atoms. The van der Waals surface area contributed by atoms with Gasteiger partial charge in [-0.25, -0.2) is 9.59 Å². The summed E-state index contributed by atoms with van der Waals surface area (Å²) in [6.07, 6.45) is -0.702. The number of amides is 1. The summed E-state index contributed by atoms with van der Waals surface area (Å²) in [5.74, 6) is -0.380. The zero-order valence-electron chi connectivity index (χ0n) is 12.6. The molecule has 9 heteroatoms. The molecule has 1 amide bonds. The van der Waals surface area contributed by atoms with Crippen LogP contribution in [-0.2, 0) is 9.47 Å². The molecule has 0 aromatic heterocycles. The fourth-order valence-electron chi connectivity index (χ4n) is 1.54. The molecule has 1 N–H and O–H groups in total. The standard InChI is InChI=1S/C14H17Cl3N2O4/c1-3-22-12(20)10-4-6-11(7-5-10)19(2)9-18-13(21)23-8-14(15,16)17/h4-7H,3,8-9H2,1-2H3,(H,18,21). The minimum Gasteiger partial charge on any atom is -0.462 e. The molecular weight excluding hydrogens is 367 g/mol. The van der Waals surface area contributed by atoms with Crippen LogP contribution in [0.1, 0.15) is 17.3 Å². The molecule has 0 heterocycles. The van der Waals surface area contributed by atoms with E-state index in [0.717, 1.165) is 5.69 Å². The lowest BCUT2D eigenvalue weighted by Gasteiger charge is -2.20. The summed E-state index contributed by atoms with van der Waals surface area (Å²) >= 11 is 16.4. The summed E-state index contributed by atoms with van der Waals surface area (Å²) in [5.41, 5.74) is 1.25. The van der Waals surface area contributed by atoms with E-state index < -0.39 is 9.89 Å². The molecule has 1 aromatic carbocycles. The molecule has 0 aliphatic heterocycles. The molecule has 1 aromatic rings. The highest BCUT2D eigenvalue weighted by molar-refractivity contribution is 6.67. The zero-order chi connectivity index (χ0) is 17.5. The number of anilines is 1. The van der Waals surface area contributed by atoms with Crippen LogP contribution in [0.5, 0.6) is 0 Å². The van der Waals surface area contributed by atoms with Crippen LogP contribution in [0.4, 0.5) is 10.5 Å². The summed E-state index contributed by atoms with van der Waals surface area (Å²) < 4.78 is 7.99. The Morgan fingerprint density at radius 2 is 1.78 bits per heavy atom. The molecule has 128 valence electrons. The molecule has 0 unspecified atom stereocenters. The lowest BCUT2D eigenvalue weighted by Crippen LogP contribution is -2.36. The Labute approximate surface area is 149 Å². The minimum absolute atomic E-state index is 0.178. The van der Waals surface area contributed by atoms with E-state index in [2.05, 4.69) is 5.32 Å². The summed E-state index contributed by atoms with van der Waals surface area (Å²) in [6, 6.07) is 6.76. The second-order valence-electron chi connectivity index (χ2n) is 4.49. The van der Waals surface area contributed by atoms with Gasteiger partial charge in [-0.2, -0.15) is 0 Å². The van der Waals surface area contributed by atoms with E-state index in [0.29, 0.717) is 12.2 Å². The number of carbonyl (C=O) groups excluding carboxylic acids is 2. The van der Waals surface area contributed by atoms with Crippen molar-refractivity contribution in [2.75, 3.05) is 31.8 Å². The zero-order valence-corrected chi connectivity index (χ0v) is 14.9. The highest BCUT2D eigenvalue weighted by Gasteiger charge is 2.22. The van der Waals surface area contributed by atoms with Gasteiger partial charge < -0.3 is 19.7 Å². The van der Waals surface area contributed by atoms with Crippen LogP contribution in [0.15, 0.2) is 24.3 Å². The number of rotatable bonds is 6. The smallest absolute Gasteiger partial charge is 0.408 e. The monoisotopic (exact) mass is 382 g/mol. The van der Waals surface area contributed by atoms with Crippen LogP contribution >= 0.6 is 34.8 Å². The highest BCUT2D eigenvalue weighted by Crippen LogP contribution is 2.25. The minimum atomic E-state index is -1.65. The molecule has 0 bridgehead atoms. The number of benzene rings is 1. The predicted molar refractivity (Wildman–Crippen MR) is 90.4 cm³/mol. The highest BCUT2D eigenvalue weighted by atomic mass is 35.6. The fraction of sp³-hybridized carbons (Fsp3) is 0.429. The van der Waals surface area contributed by atoms with Gasteiger partial charge in [0.15, 0.2) is 0 Å². The maximum absolute atomic E-state index is 11.6. The molecule has 0 fully saturated rings.